The molecule has 0 aliphatic carbocycles. The molecule has 0 aliphatic heterocycles. The summed E-state index contributed by atoms with van der Waals surface area (Å²) in [6.45, 7) is 5.17. The molecule has 130 valence electrons. The monoisotopic (exact) mass is 328 g/mol. The summed E-state index contributed by atoms with van der Waals surface area (Å²) in [5, 5.41) is 2.06. The van der Waals surface area contributed by atoms with Gasteiger partial charge in [-0.1, -0.05) is 0 Å². The van der Waals surface area contributed by atoms with Crippen molar-refractivity contribution in [1.82, 2.24) is 10.2 Å². The highest BCUT2D eigenvalue weighted by molar-refractivity contribution is 5.71. The number of likely N-dealkylation sites (N-methyl/N-ethyl adjacent to an activating group) is 1. The predicted octanol–water partition coefficient (Wildman–Crippen LogP) is 1.94. The van der Waals surface area contributed by atoms with E-state index in [0.29, 0.717) is 0 Å². The second-order valence-electron chi connectivity index (χ2n) is 5.66. The molecule has 6 nitrogen and oxygen atoms in total. The van der Waals surface area contributed by atoms with Gasteiger partial charge in [0.25, 0.3) is 0 Å². The van der Waals surface area contributed by atoms with Crippen LogP contribution in [0.15, 0.2) is 0 Å². The fraction of sp³-hybridized carbons (Fsp3) is 0.846. The van der Waals surface area contributed by atoms with Crippen LogP contribution in [0, 0.1) is 0 Å². The van der Waals surface area contributed by atoms with Crippen LogP contribution in [0.5, 0.6) is 0 Å². The van der Waals surface area contributed by atoms with E-state index in [0.717, 1.165) is 11.9 Å². The number of alkyl carbamates (subject to hydrolysis) is 1. The molecular formula is C13H23F3N2O4. The topological polar surface area (TPSA) is 67.9 Å². The molecule has 0 bridgehead atoms. The summed E-state index contributed by atoms with van der Waals surface area (Å²) in [7, 11) is 1.13. The second kappa shape index (κ2) is 8.21. The largest absolute Gasteiger partial charge is 0.465 e. The number of carbonyl (C=O) groups is 2. The molecule has 0 radical (unpaired) electrons. The number of amides is 1. The lowest BCUT2D eigenvalue weighted by Gasteiger charge is -2.29. The van der Waals surface area contributed by atoms with Gasteiger partial charge in [0, 0.05) is 6.54 Å². The van der Waals surface area contributed by atoms with Crippen molar-refractivity contribution < 1.29 is 32.2 Å². The Bertz CT molecular complexity index is 380. The molecule has 0 aromatic rings. The van der Waals surface area contributed by atoms with Crippen LogP contribution in [-0.2, 0) is 14.3 Å². The Morgan fingerprint density at radius 2 is 1.77 bits per heavy atom. The van der Waals surface area contributed by atoms with E-state index in [2.05, 4.69) is 10.1 Å². The lowest BCUT2D eigenvalue weighted by molar-refractivity contribution is -0.181. The highest BCUT2D eigenvalue weighted by Crippen LogP contribution is 2.23. The molecule has 0 saturated carbocycles. The first-order valence-corrected chi connectivity index (χ1v) is 6.76. The highest BCUT2D eigenvalue weighted by Gasteiger charge is 2.43. The van der Waals surface area contributed by atoms with E-state index < -0.39 is 43.0 Å². The van der Waals surface area contributed by atoms with Gasteiger partial charge in [-0.2, -0.15) is 13.2 Å². The third kappa shape index (κ3) is 8.71. The predicted molar refractivity (Wildman–Crippen MR) is 73.3 cm³/mol. The van der Waals surface area contributed by atoms with Gasteiger partial charge in [0.05, 0.1) is 13.2 Å². The van der Waals surface area contributed by atoms with Crippen molar-refractivity contribution >= 4 is 12.1 Å². The van der Waals surface area contributed by atoms with Crippen LogP contribution < -0.4 is 5.32 Å². The van der Waals surface area contributed by atoms with Crippen molar-refractivity contribution in [3.63, 3.8) is 0 Å². The number of nitrogens with zero attached hydrogens (tertiary/aromatic N) is 1. The molecule has 0 aliphatic rings. The summed E-state index contributed by atoms with van der Waals surface area (Å²) in [5.41, 5.74) is -0.811. The Hall–Kier alpha value is -1.51. The van der Waals surface area contributed by atoms with E-state index in [4.69, 9.17) is 4.74 Å². The summed E-state index contributed by atoms with van der Waals surface area (Å²) >= 11 is 0. The van der Waals surface area contributed by atoms with Gasteiger partial charge in [0.2, 0.25) is 0 Å². The molecule has 0 spiro atoms. The summed E-state index contributed by atoms with van der Waals surface area (Å²) < 4.78 is 48.5. The van der Waals surface area contributed by atoms with Crippen LogP contribution in [0.25, 0.3) is 0 Å². The highest BCUT2D eigenvalue weighted by atomic mass is 19.4. The Kier molecular flexibility index (Phi) is 7.65. The normalized spacial score (nSPS) is 13.7. The molecule has 0 heterocycles. The van der Waals surface area contributed by atoms with Crippen molar-refractivity contribution in [2.75, 3.05) is 26.7 Å². The van der Waals surface area contributed by atoms with Crippen molar-refractivity contribution in [1.29, 1.82) is 0 Å². The number of alkyl halides is 3. The third-order valence-electron chi connectivity index (χ3n) is 2.43. The average molecular weight is 328 g/mol. The number of halogens is 3. The first kappa shape index (κ1) is 20.5. The number of carbonyl (C=O) groups excluding carboxylic acids is 2. The zero-order valence-corrected chi connectivity index (χ0v) is 13.4. The number of hydrogen-bond acceptors (Lipinski definition) is 5. The van der Waals surface area contributed by atoms with Crippen LogP contribution in [0.4, 0.5) is 18.0 Å². The Labute approximate surface area is 127 Å². The number of esters is 1. The number of rotatable bonds is 6. The van der Waals surface area contributed by atoms with Gasteiger partial charge in [-0.3, -0.25) is 9.69 Å². The van der Waals surface area contributed by atoms with E-state index in [-0.39, 0.29) is 6.61 Å². The second-order valence-corrected chi connectivity index (χ2v) is 5.66. The average Bonchev–Trinajstić information content (AvgIpc) is 2.24. The van der Waals surface area contributed by atoms with Gasteiger partial charge in [-0.05, 0) is 34.7 Å². The van der Waals surface area contributed by atoms with Gasteiger partial charge in [-0.25, -0.2) is 4.79 Å². The van der Waals surface area contributed by atoms with Crippen LogP contribution in [0.1, 0.15) is 27.7 Å². The molecule has 1 amide bonds. The maximum atomic E-state index is 13.0. The van der Waals surface area contributed by atoms with Crippen LogP contribution >= 0.6 is 0 Å². The smallest absolute Gasteiger partial charge is 0.407 e. The van der Waals surface area contributed by atoms with Crippen LogP contribution in [0.3, 0.4) is 0 Å². The molecule has 1 N–H and O–H groups in total. The van der Waals surface area contributed by atoms with E-state index in [1.807, 2.05) is 0 Å². The minimum Gasteiger partial charge on any atom is -0.465 e. The molecule has 0 rings (SSSR count). The van der Waals surface area contributed by atoms with Gasteiger partial charge >= 0.3 is 18.2 Å². The molecule has 9 heteroatoms. The number of hydrogen-bond donors (Lipinski definition) is 1. The Balaban J connectivity index is 4.66. The van der Waals surface area contributed by atoms with Gasteiger partial charge in [0.1, 0.15) is 11.6 Å². The minimum atomic E-state index is -4.61. The first-order chi connectivity index (χ1) is 9.86. The van der Waals surface area contributed by atoms with E-state index in [1.165, 1.54) is 0 Å². The quantitative estimate of drug-likeness (QED) is 0.755. The lowest BCUT2D eigenvalue weighted by Crippen LogP contribution is -2.52. The van der Waals surface area contributed by atoms with Gasteiger partial charge in [0.15, 0.2) is 0 Å². The SMILES string of the molecule is CCOC(=O)CN(C)C(CNC(=O)OC(C)(C)C)C(F)(F)F. The van der Waals surface area contributed by atoms with Crippen molar-refractivity contribution in [2.24, 2.45) is 0 Å². The van der Waals surface area contributed by atoms with E-state index >= 15 is 0 Å². The van der Waals surface area contributed by atoms with Crippen molar-refractivity contribution in [2.45, 2.75) is 45.5 Å². The summed E-state index contributed by atoms with van der Waals surface area (Å²) in [6, 6.07) is -2.02. The zero-order valence-electron chi connectivity index (χ0n) is 13.4. The van der Waals surface area contributed by atoms with Crippen LogP contribution in [-0.4, -0.2) is 61.5 Å². The summed E-state index contributed by atoms with van der Waals surface area (Å²) in [5.74, 6) is -0.767. The molecule has 0 saturated heterocycles. The standard InChI is InChI=1S/C13H23F3N2O4/c1-6-21-10(19)8-18(5)9(13(14,15)16)7-17-11(20)22-12(2,3)4/h9H,6-8H2,1-5H3,(H,17,20). The van der Waals surface area contributed by atoms with Crippen LogP contribution in [0.2, 0.25) is 0 Å². The van der Waals surface area contributed by atoms with Crippen molar-refractivity contribution in [3.8, 4) is 0 Å². The molecular weight excluding hydrogens is 305 g/mol. The van der Waals surface area contributed by atoms with Gasteiger partial charge < -0.3 is 14.8 Å². The zero-order chi connectivity index (χ0) is 17.6. The Morgan fingerprint density at radius 1 is 1.23 bits per heavy atom. The van der Waals surface area contributed by atoms with E-state index in [9.17, 15) is 22.8 Å². The molecule has 0 fully saturated rings. The first-order valence-electron chi connectivity index (χ1n) is 6.76. The molecule has 1 atom stereocenters. The van der Waals surface area contributed by atoms with Crippen molar-refractivity contribution in [3.05, 3.63) is 0 Å². The Morgan fingerprint density at radius 3 is 2.18 bits per heavy atom. The number of nitrogens with one attached hydrogen (secondary N) is 1. The molecule has 0 aromatic heterocycles. The van der Waals surface area contributed by atoms with E-state index in [1.54, 1.807) is 27.7 Å². The third-order valence-corrected chi connectivity index (χ3v) is 2.43. The fourth-order valence-corrected chi connectivity index (χ4v) is 1.54. The maximum absolute atomic E-state index is 13.0. The van der Waals surface area contributed by atoms with Gasteiger partial charge in [-0.15, -0.1) is 0 Å². The molecule has 0 aromatic carbocycles. The summed E-state index contributed by atoms with van der Waals surface area (Å²) in [6.07, 6.45) is -5.57. The fourth-order valence-electron chi connectivity index (χ4n) is 1.54. The maximum Gasteiger partial charge on any atom is 0.407 e. The molecule has 22 heavy (non-hydrogen) atoms. The molecule has 1 unspecified atom stereocenters. The summed E-state index contributed by atoms with van der Waals surface area (Å²) in [4.78, 5) is 23.5. The lowest BCUT2D eigenvalue weighted by atomic mass is 10.2. The minimum absolute atomic E-state index is 0.0829. The number of ether oxygens (including phenoxy) is 2.